The summed E-state index contributed by atoms with van der Waals surface area (Å²) >= 11 is 0. The van der Waals surface area contributed by atoms with Crippen LogP contribution in [0.2, 0.25) is 0 Å². The van der Waals surface area contributed by atoms with Crippen molar-refractivity contribution in [3.8, 4) is 11.5 Å². The largest absolute Gasteiger partial charge is 0.456 e. The Morgan fingerprint density at radius 3 is 1.13 bits per heavy atom. The van der Waals surface area contributed by atoms with E-state index in [9.17, 15) is 61.5 Å². The molecule has 0 spiro atoms. The lowest BCUT2D eigenvalue weighted by Crippen LogP contribution is -2.11. The molecule has 45 heavy (non-hydrogen) atoms. The van der Waals surface area contributed by atoms with E-state index in [0.29, 0.717) is 0 Å². The zero-order chi connectivity index (χ0) is 33.9. The van der Waals surface area contributed by atoms with Gasteiger partial charge in [-0.05, 0) is 47.2 Å². The number of rotatable bonds is 8. The van der Waals surface area contributed by atoms with Crippen LogP contribution in [0, 0.1) is 0 Å². The minimum absolute atomic E-state index is 0.180. The third-order valence-electron chi connectivity index (χ3n) is 5.97. The van der Waals surface area contributed by atoms with Gasteiger partial charge in [0.2, 0.25) is 11.8 Å². The summed E-state index contributed by atoms with van der Waals surface area (Å²) in [6.45, 7) is 2.02. The molecule has 0 heterocycles. The first-order valence-electron chi connectivity index (χ1n) is 11.8. The first kappa shape index (κ1) is 33.7. The lowest BCUT2D eigenvalue weighted by Gasteiger charge is -2.17. The minimum atomic E-state index is -5.04. The van der Waals surface area contributed by atoms with Crippen LogP contribution in [-0.2, 0) is 50.1 Å². The van der Waals surface area contributed by atoms with E-state index in [1.165, 1.54) is 0 Å². The fourth-order valence-electron chi connectivity index (χ4n) is 4.25. The van der Waals surface area contributed by atoms with Crippen molar-refractivity contribution in [3.05, 3.63) is 48.5 Å². The van der Waals surface area contributed by atoms with Crippen molar-refractivity contribution < 1.29 is 66.2 Å². The molecule has 4 aromatic carbocycles. The Kier molecular flexibility index (Phi) is 8.45. The molecule has 0 aliphatic heterocycles. The van der Waals surface area contributed by atoms with E-state index in [0.717, 1.165) is 62.4 Å². The smallest absolute Gasteiger partial charge is 0.296 e. The lowest BCUT2D eigenvalue weighted by atomic mass is 10.1. The molecule has 0 aliphatic rings. The zero-order valence-corrected chi connectivity index (χ0v) is 25.8. The molecule has 0 bridgehead atoms. The molecule has 17 nitrogen and oxygen atoms in total. The summed E-state index contributed by atoms with van der Waals surface area (Å²) in [6.07, 6.45) is 0. The van der Waals surface area contributed by atoms with Gasteiger partial charge in [0.15, 0.2) is 0 Å². The van der Waals surface area contributed by atoms with Gasteiger partial charge < -0.3 is 15.4 Å². The number of carbonyl (C=O) groups excluding carboxylic acids is 2. The quantitative estimate of drug-likeness (QED) is 0.144. The molecule has 0 radical (unpaired) electrons. The Morgan fingerprint density at radius 1 is 0.533 bits per heavy atom. The topological polar surface area (TPSA) is 285 Å². The zero-order valence-electron chi connectivity index (χ0n) is 22.5. The molecule has 0 atom stereocenters. The average Bonchev–Trinajstić information content (AvgIpc) is 2.85. The molecule has 0 saturated heterocycles. The van der Waals surface area contributed by atoms with E-state index in [-0.39, 0.29) is 21.5 Å². The van der Waals surface area contributed by atoms with Crippen LogP contribution in [0.5, 0.6) is 11.5 Å². The van der Waals surface area contributed by atoms with Crippen molar-refractivity contribution in [3.63, 3.8) is 0 Å². The van der Waals surface area contributed by atoms with E-state index in [1.54, 1.807) is 0 Å². The van der Waals surface area contributed by atoms with Crippen molar-refractivity contribution in [1.82, 2.24) is 0 Å². The second-order valence-electron chi connectivity index (χ2n) is 9.35. The Hall–Kier alpha value is -4.22. The summed E-state index contributed by atoms with van der Waals surface area (Å²) < 4.78 is 141. The van der Waals surface area contributed by atoms with Gasteiger partial charge in [-0.3, -0.25) is 27.8 Å². The van der Waals surface area contributed by atoms with Gasteiger partial charge in [-0.2, -0.15) is 33.7 Å². The van der Waals surface area contributed by atoms with E-state index in [4.69, 9.17) is 4.74 Å². The molecule has 21 heteroatoms. The Balaban J connectivity index is 2.15. The molecule has 0 fully saturated rings. The van der Waals surface area contributed by atoms with E-state index >= 15 is 0 Å². The third kappa shape index (κ3) is 7.37. The second-order valence-corrected chi connectivity index (χ2v) is 15.0. The summed E-state index contributed by atoms with van der Waals surface area (Å²) in [7, 11) is -20.2. The number of nitrogens with one attached hydrogen (secondary N) is 2. The summed E-state index contributed by atoms with van der Waals surface area (Å²) in [5.41, 5.74) is -0.992. The SMILES string of the molecule is CC(=O)Nc1cc2c(Oc3cc(S(=O)(=O)O)cc4cc(S(=O)(=O)O)c(NC(C)=O)cc34)cc(S(=O)(=O)O)cc2cc1S(=O)(=O)O. The van der Waals surface area contributed by atoms with Crippen LogP contribution in [0.25, 0.3) is 21.5 Å². The number of hydrogen-bond donors (Lipinski definition) is 6. The van der Waals surface area contributed by atoms with Crippen molar-refractivity contribution >= 4 is 85.2 Å². The van der Waals surface area contributed by atoms with E-state index < -0.39 is 94.7 Å². The monoisotopic (exact) mass is 704 g/mol. The predicted molar refractivity (Wildman–Crippen MR) is 156 cm³/mol. The van der Waals surface area contributed by atoms with E-state index in [1.807, 2.05) is 0 Å². The molecular formula is C24H20N2O15S4. The standard InChI is InChI=1S/C24H20N2O15S4/c1-11(27)25-19-9-17-13(5-23(19)44(35,36)37)3-15(42(29,30)31)7-21(17)41-22-8-16(43(32,33)34)4-14-6-24(45(38,39)40)20(10-18(14)22)26-12(2)28/h3-10H,1-2H3,(H,25,27)(H,26,28)(H,29,30,31)(H,32,33,34)(H,35,36,37)(H,38,39,40). The second kappa shape index (κ2) is 11.3. The first-order chi connectivity index (χ1) is 20.4. The van der Waals surface area contributed by atoms with Crippen molar-refractivity contribution in [2.75, 3.05) is 10.6 Å². The van der Waals surface area contributed by atoms with Gasteiger partial charge in [-0.15, -0.1) is 0 Å². The molecule has 0 saturated carbocycles. The normalized spacial score (nSPS) is 12.7. The number of hydrogen-bond acceptors (Lipinski definition) is 11. The highest BCUT2D eigenvalue weighted by molar-refractivity contribution is 7.86. The highest BCUT2D eigenvalue weighted by Gasteiger charge is 2.25. The van der Waals surface area contributed by atoms with Crippen molar-refractivity contribution in [2.45, 2.75) is 33.4 Å². The Bertz CT molecular complexity index is 2230. The minimum Gasteiger partial charge on any atom is -0.456 e. The number of amides is 2. The molecule has 2 amide bonds. The van der Waals surface area contributed by atoms with Gasteiger partial charge in [0.1, 0.15) is 21.3 Å². The number of fused-ring (bicyclic) bond motifs is 2. The van der Waals surface area contributed by atoms with Gasteiger partial charge in [0, 0.05) is 36.8 Å². The maximum Gasteiger partial charge on any atom is 0.296 e. The maximum absolute atomic E-state index is 12.1. The van der Waals surface area contributed by atoms with E-state index in [2.05, 4.69) is 10.6 Å². The predicted octanol–water partition coefficient (Wildman–Crippen LogP) is 2.69. The molecule has 0 unspecified atom stereocenters. The number of anilines is 2. The van der Waals surface area contributed by atoms with Crippen LogP contribution in [0.1, 0.15) is 13.8 Å². The fraction of sp³-hybridized carbons (Fsp3) is 0.0833. The molecule has 240 valence electrons. The molecule has 0 aliphatic carbocycles. The van der Waals surface area contributed by atoms with Crippen LogP contribution in [0.4, 0.5) is 11.4 Å². The Labute approximate surface area is 254 Å². The summed E-state index contributed by atoms with van der Waals surface area (Å²) in [5, 5.41) is 3.39. The molecule has 0 aromatic heterocycles. The molecule has 6 N–H and O–H groups in total. The van der Waals surface area contributed by atoms with Crippen LogP contribution < -0.4 is 15.4 Å². The van der Waals surface area contributed by atoms with Crippen LogP contribution in [0.3, 0.4) is 0 Å². The molecule has 4 rings (SSSR count). The van der Waals surface area contributed by atoms with Crippen molar-refractivity contribution in [2.24, 2.45) is 0 Å². The molecular weight excluding hydrogens is 685 g/mol. The lowest BCUT2D eigenvalue weighted by molar-refractivity contribution is -0.115. The maximum atomic E-state index is 12.1. The third-order valence-corrected chi connectivity index (χ3v) is 9.42. The van der Waals surface area contributed by atoms with Gasteiger partial charge in [0.05, 0.1) is 21.2 Å². The first-order valence-corrected chi connectivity index (χ1v) is 17.6. The van der Waals surface area contributed by atoms with Gasteiger partial charge >= 0.3 is 0 Å². The van der Waals surface area contributed by atoms with Crippen LogP contribution in [0.15, 0.2) is 68.1 Å². The van der Waals surface area contributed by atoms with Crippen molar-refractivity contribution in [1.29, 1.82) is 0 Å². The van der Waals surface area contributed by atoms with Gasteiger partial charge in [-0.1, -0.05) is 0 Å². The number of carbonyl (C=O) groups is 2. The number of ether oxygens (including phenoxy) is 1. The highest BCUT2D eigenvalue weighted by atomic mass is 32.2. The van der Waals surface area contributed by atoms with Gasteiger partial charge in [0.25, 0.3) is 40.5 Å². The van der Waals surface area contributed by atoms with Crippen LogP contribution >= 0.6 is 0 Å². The average molecular weight is 705 g/mol. The summed E-state index contributed by atoms with van der Waals surface area (Å²) in [5.74, 6) is -2.66. The molecule has 4 aromatic rings. The van der Waals surface area contributed by atoms with Gasteiger partial charge in [-0.25, -0.2) is 0 Å². The Morgan fingerprint density at radius 2 is 0.867 bits per heavy atom. The fourth-order valence-corrected chi connectivity index (χ4v) is 6.64. The van der Waals surface area contributed by atoms with Crippen LogP contribution in [-0.4, -0.2) is 63.7 Å². The summed E-state index contributed by atoms with van der Waals surface area (Å²) in [4.78, 5) is 20.0. The number of benzene rings is 4. The summed E-state index contributed by atoms with van der Waals surface area (Å²) in [6, 6.07) is 6.46. The highest BCUT2D eigenvalue weighted by Crippen LogP contribution is 2.41.